The van der Waals surface area contributed by atoms with E-state index in [0.29, 0.717) is 0 Å². The zero-order valence-corrected chi connectivity index (χ0v) is 36.3. The third kappa shape index (κ3) is 6.26. The normalized spacial score (nSPS) is 17.9. The SMILES string of the molecule is C=Cc1c(/C=C\C)c2cc(C3C=CC4=C(C3)C3C=CC=CC3N4c3cc(-c4nc(-c5ccccc5)cc(-c5ccccc5)n4)c4sc5ccccc5c4c3)ccc2n1-c1ccccc1. The lowest BCUT2D eigenvalue weighted by Gasteiger charge is -2.30. The van der Waals surface area contributed by atoms with Crippen molar-refractivity contribution < 1.29 is 0 Å². The molecular formula is C59H44N4S. The minimum Gasteiger partial charge on any atom is -0.334 e. The quantitative estimate of drug-likeness (QED) is 0.153. The van der Waals surface area contributed by atoms with E-state index in [4.69, 9.17) is 9.97 Å². The minimum absolute atomic E-state index is 0.142. The van der Waals surface area contributed by atoms with Gasteiger partial charge in [0.2, 0.25) is 0 Å². The largest absolute Gasteiger partial charge is 0.334 e. The smallest absolute Gasteiger partial charge is 0.161 e. The number of para-hydroxylation sites is 1. The summed E-state index contributed by atoms with van der Waals surface area (Å²) in [6.45, 7) is 6.35. The standard InChI is InChI=1S/C59H44N4S/c1-3-18-44-47-33-40(29-31-55(47)62(53(44)4-2)42-23-12-7-13-24-42)41-30-32-56-48(34-41)45-25-14-16-27-54(45)63(56)43-35-49-46-26-15-17-28-57(46)64-58(49)50(36-43)59-60-51(38-19-8-5-9-20-38)37-52(61-59)39-21-10-6-11-22-39/h3-33,35-37,41,45,54H,2,34H2,1H3/b18-3-. The molecule has 0 saturated carbocycles. The molecule has 9 aromatic rings. The number of fused-ring (bicyclic) bond motifs is 6. The molecule has 3 aromatic heterocycles. The lowest BCUT2D eigenvalue weighted by Crippen LogP contribution is -2.32. The zero-order valence-electron chi connectivity index (χ0n) is 35.5. The molecule has 12 rings (SSSR count). The number of hydrogen-bond donors (Lipinski definition) is 0. The van der Waals surface area contributed by atoms with Crippen LogP contribution in [0.4, 0.5) is 5.69 Å². The van der Waals surface area contributed by atoms with Crippen molar-refractivity contribution in [3.63, 3.8) is 0 Å². The first kappa shape index (κ1) is 38.1. The predicted octanol–water partition coefficient (Wildman–Crippen LogP) is 15.4. The fourth-order valence-corrected chi connectivity index (χ4v) is 11.5. The minimum atomic E-state index is 0.142. The topological polar surface area (TPSA) is 34.0 Å². The zero-order chi connectivity index (χ0) is 42.7. The van der Waals surface area contributed by atoms with Crippen LogP contribution in [0.15, 0.2) is 212 Å². The van der Waals surface area contributed by atoms with Gasteiger partial charge >= 0.3 is 0 Å². The van der Waals surface area contributed by atoms with Crippen LogP contribution < -0.4 is 4.90 Å². The maximum Gasteiger partial charge on any atom is 0.161 e. The number of benzene rings is 6. The van der Waals surface area contributed by atoms with Crippen molar-refractivity contribution in [2.45, 2.75) is 25.3 Å². The van der Waals surface area contributed by atoms with Crippen molar-refractivity contribution in [3.8, 4) is 39.6 Å². The molecular weight excluding hydrogens is 797 g/mol. The van der Waals surface area contributed by atoms with Crippen LogP contribution in [0.25, 0.3) is 82.8 Å². The molecule has 0 amide bonds. The summed E-state index contributed by atoms with van der Waals surface area (Å²) in [5, 5.41) is 3.73. The Morgan fingerprint density at radius 3 is 2.11 bits per heavy atom. The molecule has 3 atom stereocenters. The van der Waals surface area contributed by atoms with Gasteiger partial charge in [0.15, 0.2) is 5.82 Å². The summed E-state index contributed by atoms with van der Waals surface area (Å²) in [7, 11) is 0. The van der Waals surface area contributed by atoms with E-state index in [1.54, 1.807) is 0 Å². The van der Waals surface area contributed by atoms with Crippen LogP contribution in [0.5, 0.6) is 0 Å². The van der Waals surface area contributed by atoms with Crippen molar-refractivity contribution in [1.29, 1.82) is 0 Å². The lowest BCUT2D eigenvalue weighted by molar-refractivity contribution is 0.644. The van der Waals surface area contributed by atoms with Gasteiger partial charge in [0.05, 0.1) is 28.6 Å². The van der Waals surface area contributed by atoms with Gasteiger partial charge in [-0.25, -0.2) is 9.97 Å². The molecule has 0 spiro atoms. The first-order chi connectivity index (χ1) is 31.6. The number of hydrogen-bond acceptors (Lipinski definition) is 4. The number of nitrogens with zero attached hydrogens (tertiary/aromatic N) is 4. The highest BCUT2D eigenvalue weighted by Crippen LogP contribution is 2.51. The summed E-state index contributed by atoms with van der Waals surface area (Å²) in [6, 6.07) is 54.5. The Balaban J connectivity index is 0.998. The Morgan fingerprint density at radius 1 is 0.672 bits per heavy atom. The second-order valence-corrected chi connectivity index (χ2v) is 17.9. The summed E-state index contributed by atoms with van der Waals surface area (Å²) in [5.74, 6) is 1.22. The third-order valence-electron chi connectivity index (χ3n) is 13.2. The average Bonchev–Trinajstić information content (AvgIpc) is 4.01. The molecule has 6 aromatic carbocycles. The van der Waals surface area contributed by atoms with Gasteiger partial charge < -0.3 is 9.47 Å². The Kier molecular flexibility index (Phi) is 9.31. The van der Waals surface area contributed by atoms with Crippen molar-refractivity contribution in [1.82, 2.24) is 14.5 Å². The fourth-order valence-electron chi connectivity index (χ4n) is 10.3. The molecule has 0 fully saturated rings. The summed E-state index contributed by atoms with van der Waals surface area (Å²) < 4.78 is 4.79. The van der Waals surface area contributed by atoms with Crippen molar-refractivity contribution in [2.24, 2.45) is 5.92 Å². The molecule has 0 N–H and O–H groups in total. The van der Waals surface area contributed by atoms with E-state index in [9.17, 15) is 0 Å². The molecule has 3 unspecified atom stereocenters. The van der Waals surface area contributed by atoms with Crippen LogP contribution in [-0.2, 0) is 0 Å². The van der Waals surface area contributed by atoms with Gasteiger partial charge in [-0.15, -0.1) is 11.3 Å². The van der Waals surface area contributed by atoms with E-state index in [-0.39, 0.29) is 17.9 Å². The van der Waals surface area contributed by atoms with Gasteiger partial charge in [0, 0.05) is 76.7 Å². The van der Waals surface area contributed by atoms with Gasteiger partial charge in [0.1, 0.15) is 0 Å². The maximum absolute atomic E-state index is 5.38. The first-order valence-electron chi connectivity index (χ1n) is 22.1. The number of aromatic nitrogens is 3. The first-order valence-corrected chi connectivity index (χ1v) is 23.0. The second kappa shape index (κ2) is 15.6. The molecule has 0 bridgehead atoms. The summed E-state index contributed by atoms with van der Waals surface area (Å²) in [5.41, 5.74) is 14.9. The van der Waals surface area contributed by atoms with E-state index in [1.807, 2.05) is 17.4 Å². The molecule has 3 aliphatic rings. The highest BCUT2D eigenvalue weighted by Gasteiger charge is 2.41. The monoisotopic (exact) mass is 840 g/mol. The molecule has 0 radical (unpaired) electrons. The van der Waals surface area contributed by atoms with Crippen molar-refractivity contribution in [2.75, 3.05) is 4.90 Å². The van der Waals surface area contributed by atoms with E-state index in [2.05, 4.69) is 223 Å². The Labute approximate surface area is 377 Å². The summed E-state index contributed by atoms with van der Waals surface area (Å²) in [4.78, 5) is 13.3. The van der Waals surface area contributed by atoms with Gasteiger partial charge in [-0.1, -0.05) is 152 Å². The molecule has 2 aliphatic carbocycles. The second-order valence-electron chi connectivity index (χ2n) is 16.8. The Morgan fingerprint density at radius 2 is 1.38 bits per heavy atom. The van der Waals surface area contributed by atoms with E-state index < -0.39 is 0 Å². The maximum atomic E-state index is 5.38. The third-order valence-corrected chi connectivity index (χ3v) is 14.4. The van der Waals surface area contributed by atoms with Gasteiger partial charge in [-0.2, -0.15) is 0 Å². The van der Waals surface area contributed by atoms with Gasteiger partial charge in [-0.3, -0.25) is 0 Å². The Hall–Kier alpha value is -7.60. The molecule has 306 valence electrons. The van der Waals surface area contributed by atoms with Crippen LogP contribution >= 0.6 is 11.3 Å². The van der Waals surface area contributed by atoms with Crippen LogP contribution in [-0.4, -0.2) is 20.6 Å². The fraction of sp³-hybridized carbons (Fsp3) is 0.0847. The summed E-state index contributed by atoms with van der Waals surface area (Å²) in [6.07, 6.45) is 21.4. The summed E-state index contributed by atoms with van der Waals surface area (Å²) >= 11 is 1.83. The number of allylic oxidation sites excluding steroid dienone is 5. The van der Waals surface area contributed by atoms with Crippen LogP contribution in [0, 0.1) is 5.92 Å². The van der Waals surface area contributed by atoms with Crippen LogP contribution in [0.2, 0.25) is 0 Å². The molecule has 0 saturated heterocycles. The average molecular weight is 841 g/mol. The predicted molar refractivity (Wildman–Crippen MR) is 271 cm³/mol. The molecule has 4 nitrogen and oxygen atoms in total. The number of thiophene rings is 1. The van der Waals surface area contributed by atoms with Crippen LogP contribution in [0.1, 0.15) is 36.1 Å². The lowest BCUT2D eigenvalue weighted by atomic mass is 9.80. The highest BCUT2D eigenvalue weighted by molar-refractivity contribution is 7.26. The molecule has 5 heteroatoms. The molecule has 1 aliphatic heterocycles. The van der Waals surface area contributed by atoms with E-state index >= 15 is 0 Å². The van der Waals surface area contributed by atoms with E-state index in [0.717, 1.165) is 57.4 Å². The van der Waals surface area contributed by atoms with E-state index in [1.165, 1.54) is 53.5 Å². The molecule has 64 heavy (non-hydrogen) atoms. The van der Waals surface area contributed by atoms with Gasteiger partial charge in [0.25, 0.3) is 0 Å². The van der Waals surface area contributed by atoms with Gasteiger partial charge in [-0.05, 0) is 85.2 Å². The number of anilines is 1. The van der Waals surface area contributed by atoms with Crippen molar-refractivity contribution in [3.05, 3.63) is 229 Å². The highest BCUT2D eigenvalue weighted by atomic mass is 32.1. The van der Waals surface area contributed by atoms with Crippen LogP contribution in [0.3, 0.4) is 0 Å². The van der Waals surface area contributed by atoms with Crippen molar-refractivity contribution >= 4 is 60.3 Å². The number of rotatable bonds is 8. The molecule has 4 heterocycles. The Bertz CT molecular complexity index is 3400.